The molecule has 0 radical (unpaired) electrons. The number of aromatic amines is 1. The van der Waals surface area contributed by atoms with Gasteiger partial charge in [0.15, 0.2) is 6.23 Å². The summed E-state index contributed by atoms with van der Waals surface area (Å²) in [5.74, 6) is -3.59. The third-order valence-corrected chi connectivity index (χ3v) is 6.94. The number of aromatic nitrogens is 2. The first-order valence-electron chi connectivity index (χ1n) is 7.81. The van der Waals surface area contributed by atoms with Gasteiger partial charge in [0, 0.05) is 12.3 Å². The van der Waals surface area contributed by atoms with Crippen LogP contribution in [0.25, 0.3) is 0 Å². The van der Waals surface area contributed by atoms with Crippen LogP contribution in [0.4, 0.5) is 4.39 Å². The zero-order valence-corrected chi connectivity index (χ0v) is 18.2. The summed E-state index contributed by atoms with van der Waals surface area (Å²) in [5, 5.41) is 19.2. The van der Waals surface area contributed by atoms with E-state index in [-0.39, 0.29) is 0 Å². The van der Waals surface area contributed by atoms with E-state index >= 15 is 4.39 Å². The van der Waals surface area contributed by atoms with Gasteiger partial charge in [0.25, 0.3) is 11.4 Å². The number of halogens is 1. The van der Waals surface area contributed by atoms with Crippen molar-refractivity contribution in [3.8, 4) is 0 Å². The maximum Gasteiger partial charge on any atom is 0.490 e. The first kappa shape index (κ1) is 28.7. The highest BCUT2D eigenvalue weighted by Crippen LogP contribution is 2.66. The number of nitrogens with zero attached hydrogens (tertiary/aromatic N) is 1. The minimum atomic E-state index is -5.91. The second-order valence-corrected chi connectivity index (χ2v) is 10.0. The number of phosphoric acid groups is 3. The Kier molecular flexibility index (Phi) is 9.60. The Morgan fingerprint density at radius 2 is 1.78 bits per heavy atom. The van der Waals surface area contributed by atoms with Crippen LogP contribution in [0.2, 0.25) is 0 Å². The van der Waals surface area contributed by atoms with Gasteiger partial charge < -0.3 is 34.5 Å². The van der Waals surface area contributed by atoms with Gasteiger partial charge in [-0.15, -0.1) is 6.58 Å². The van der Waals surface area contributed by atoms with Crippen LogP contribution >= 0.6 is 23.5 Å². The molecule has 0 aromatic carbocycles. The molecule has 5 atom stereocenters. The molecule has 17 nitrogen and oxygen atoms in total. The normalized spacial score (nSPS) is 19.8. The number of hydrogen-bond donors (Lipinski definition) is 7. The van der Waals surface area contributed by atoms with Crippen LogP contribution in [0.1, 0.15) is 6.23 Å². The maximum absolute atomic E-state index is 15.2. The summed E-state index contributed by atoms with van der Waals surface area (Å²) in [7, 11) is -17.4. The highest BCUT2D eigenvalue weighted by molar-refractivity contribution is 7.66. The SMILES string of the molecule is C=C[C@H](O)C(F)(COP(=O)(O)OP(=O)(O)OP(=O)(O)O)O[C@H](CO)n1ccc(=O)[nH]c1=O. The number of phosphoric ester groups is 1. The van der Waals surface area contributed by atoms with E-state index in [2.05, 4.69) is 19.7 Å². The van der Waals surface area contributed by atoms with Gasteiger partial charge in [0.2, 0.25) is 0 Å². The fourth-order valence-electron chi connectivity index (χ4n) is 1.90. The quantitative estimate of drug-likeness (QED) is 0.114. The van der Waals surface area contributed by atoms with Crippen molar-refractivity contribution in [2.24, 2.45) is 0 Å². The Labute approximate surface area is 176 Å². The minimum absolute atomic E-state index is 0.469. The van der Waals surface area contributed by atoms with E-state index in [0.717, 1.165) is 12.3 Å². The Morgan fingerprint density at radius 3 is 2.25 bits per heavy atom. The molecule has 0 saturated carbocycles. The van der Waals surface area contributed by atoms with E-state index in [0.29, 0.717) is 10.6 Å². The monoisotopic (exact) mass is 530 g/mol. The second-order valence-electron chi connectivity index (χ2n) is 5.60. The average molecular weight is 530 g/mol. The molecule has 0 fully saturated rings. The van der Waals surface area contributed by atoms with Crippen molar-refractivity contribution < 1.29 is 65.8 Å². The number of nitrogens with one attached hydrogen (secondary N) is 1. The van der Waals surface area contributed by atoms with E-state index in [1.54, 1.807) is 4.98 Å². The van der Waals surface area contributed by atoms with E-state index in [4.69, 9.17) is 19.4 Å². The smallest absolute Gasteiger partial charge is 0.392 e. The Morgan fingerprint density at radius 1 is 1.19 bits per heavy atom. The van der Waals surface area contributed by atoms with Crippen molar-refractivity contribution in [3.63, 3.8) is 0 Å². The molecule has 32 heavy (non-hydrogen) atoms. The molecule has 0 aliphatic carbocycles. The highest BCUT2D eigenvalue weighted by Gasteiger charge is 2.46. The molecular formula is C11H18FN2O15P3. The molecule has 1 aromatic rings. The van der Waals surface area contributed by atoms with Gasteiger partial charge in [-0.05, 0) is 0 Å². The lowest BCUT2D eigenvalue weighted by molar-refractivity contribution is -0.259. The van der Waals surface area contributed by atoms with Crippen LogP contribution in [0, 0.1) is 0 Å². The lowest BCUT2D eigenvalue weighted by atomic mass is 10.2. The van der Waals surface area contributed by atoms with Crippen molar-refractivity contribution in [2.45, 2.75) is 18.2 Å². The van der Waals surface area contributed by atoms with Crippen molar-refractivity contribution in [2.75, 3.05) is 13.2 Å². The molecule has 1 heterocycles. The molecule has 1 rings (SSSR count). The molecule has 0 amide bonds. The lowest BCUT2D eigenvalue weighted by Crippen LogP contribution is -2.47. The zero-order valence-electron chi connectivity index (χ0n) is 15.5. The van der Waals surface area contributed by atoms with Crippen molar-refractivity contribution in [1.29, 1.82) is 0 Å². The summed E-state index contributed by atoms with van der Waals surface area (Å²) in [6.07, 6.45) is -3.04. The van der Waals surface area contributed by atoms with Gasteiger partial charge in [-0.1, -0.05) is 6.08 Å². The Hall–Kier alpha value is -1.36. The van der Waals surface area contributed by atoms with E-state index < -0.39 is 66.1 Å². The fourth-order valence-corrected chi connectivity index (χ4v) is 4.93. The number of alkyl halides is 1. The van der Waals surface area contributed by atoms with Crippen molar-refractivity contribution >= 4 is 23.5 Å². The zero-order chi connectivity index (χ0) is 25.0. The van der Waals surface area contributed by atoms with Crippen LogP contribution < -0.4 is 11.2 Å². The van der Waals surface area contributed by atoms with Gasteiger partial charge >= 0.3 is 29.2 Å². The fraction of sp³-hybridized carbons (Fsp3) is 0.455. The van der Waals surface area contributed by atoms with Crippen LogP contribution in [0.5, 0.6) is 0 Å². The summed E-state index contributed by atoms with van der Waals surface area (Å²) >= 11 is 0. The van der Waals surface area contributed by atoms with Crippen LogP contribution in [-0.4, -0.2) is 64.5 Å². The van der Waals surface area contributed by atoms with Gasteiger partial charge in [0.05, 0.1) is 6.61 Å². The van der Waals surface area contributed by atoms with E-state index in [9.17, 15) is 38.4 Å². The topological polar surface area (TPSA) is 264 Å². The van der Waals surface area contributed by atoms with E-state index in [1.165, 1.54) is 0 Å². The van der Waals surface area contributed by atoms with Crippen LogP contribution in [0.15, 0.2) is 34.5 Å². The molecule has 1 aromatic heterocycles. The third-order valence-electron chi connectivity index (χ3n) is 3.15. The van der Waals surface area contributed by atoms with Gasteiger partial charge in [-0.3, -0.25) is 18.9 Å². The maximum atomic E-state index is 15.2. The second kappa shape index (κ2) is 10.7. The summed E-state index contributed by atoms with van der Waals surface area (Å²) in [6.45, 7) is 0.113. The van der Waals surface area contributed by atoms with Crippen molar-refractivity contribution in [1.82, 2.24) is 9.55 Å². The average Bonchev–Trinajstić information content (AvgIpc) is 2.61. The number of hydrogen-bond acceptors (Lipinski definition) is 11. The number of aliphatic hydroxyl groups excluding tert-OH is 2. The molecule has 0 spiro atoms. The predicted octanol–water partition coefficient (Wildman–Crippen LogP) is -1.40. The number of H-pyrrole nitrogens is 1. The number of aliphatic hydroxyl groups is 2. The Balaban J connectivity index is 3.11. The lowest BCUT2D eigenvalue weighted by Gasteiger charge is -2.32. The standard InChI is InChI=1S/C11H18FN2O15P3/c1-2-7(16)11(12,27-9(5-15)14-4-3-8(17)13-10(14)18)6-26-31(22,23)29-32(24,25)28-30(19,20)21/h2-4,7,9,15-16H,1,5-6H2,(H,22,23)(H,24,25)(H,13,17,18)(H2,19,20,21)/t7-,9+,11?/m0/s1. The van der Waals surface area contributed by atoms with Gasteiger partial charge in [-0.2, -0.15) is 8.62 Å². The third kappa shape index (κ3) is 8.88. The predicted molar refractivity (Wildman–Crippen MR) is 98.4 cm³/mol. The number of rotatable bonds is 13. The molecule has 184 valence electrons. The van der Waals surface area contributed by atoms with E-state index in [1.807, 2.05) is 0 Å². The minimum Gasteiger partial charge on any atom is -0.392 e. The number of ether oxygens (including phenoxy) is 1. The summed E-state index contributed by atoms with van der Waals surface area (Å²) in [4.78, 5) is 60.1. The summed E-state index contributed by atoms with van der Waals surface area (Å²) < 4.78 is 65.0. The summed E-state index contributed by atoms with van der Waals surface area (Å²) in [6, 6.07) is 0.795. The molecule has 0 aliphatic heterocycles. The summed E-state index contributed by atoms with van der Waals surface area (Å²) in [5.41, 5.74) is -2.03. The molecule has 0 aliphatic rings. The van der Waals surface area contributed by atoms with Crippen LogP contribution in [0.3, 0.4) is 0 Å². The molecule has 3 unspecified atom stereocenters. The largest absolute Gasteiger partial charge is 0.490 e. The molecule has 7 N–H and O–H groups in total. The Bertz CT molecular complexity index is 1070. The molecule has 21 heteroatoms. The first-order valence-corrected chi connectivity index (χ1v) is 12.3. The molecular weight excluding hydrogens is 512 g/mol. The molecule has 0 bridgehead atoms. The van der Waals surface area contributed by atoms with Crippen LogP contribution in [-0.2, 0) is 31.6 Å². The van der Waals surface area contributed by atoms with Gasteiger partial charge in [0.1, 0.15) is 12.7 Å². The highest BCUT2D eigenvalue weighted by atomic mass is 31.3. The van der Waals surface area contributed by atoms with Gasteiger partial charge in [-0.25, -0.2) is 22.9 Å². The molecule has 0 saturated heterocycles. The first-order chi connectivity index (χ1) is 14.4. The van der Waals surface area contributed by atoms with Crippen molar-refractivity contribution in [3.05, 3.63) is 45.8 Å².